The summed E-state index contributed by atoms with van der Waals surface area (Å²) in [5.41, 5.74) is 0. The minimum atomic E-state index is -3.53. The van der Waals surface area contributed by atoms with Crippen LogP contribution >= 0.6 is 0 Å². The van der Waals surface area contributed by atoms with Crippen molar-refractivity contribution in [2.75, 3.05) is 0 Å². The van der Waals surface area contributed by atoms with Crippen molar-refractivity contribution >= 4 is 10.0 Å². The highest BCUT2D eigenvalue weighted by Gasteiger charge is 2.35. The van der Waals surface area contributed by atoms with Gasteiger partial charge in [0.25, 0.3) is 10.0 Å². The number of rotatable bonds is 6. The maximum absolute atomic E-state index is 12.9. The maximum Gasteiger partial charge on any atom is 0.256 e. The van der Waals surface area contributed by atoms with Crippen LogP contribution in [0.1, 0.15) is 41.5 Å². The fourth-order valence-corrected chi connectivity index (χ4v) is 4.32. The lowest BCUT2D eigenvalue weighted by molar-refractivity contribution is -0.0244. The SMILES string of the molecule is CC(C)N(C(C)C)N(C(C)C)S(=O)(=O)c1ccccc1. The molecule has 0 bridgehead atoms. The molecule has 0 unspecified atom stereocenters. The van der Waals surface area contributed by atoms with E-state index in [-0.39, 0.29) is 18.1 Å². The molecule has 114 valence electrons. The molecule has 0 spiro atoms. The van der Waals surface area contributed by atoms with E-state index < -0.39 is 10.0 Å². The Morgan fingerprint density at radius 3 is 1.60 bits per heavy atom. The maximum atomic E-state index is 12.9. The number of hydrogen-bond donors (Lipinski definition) is 0. The quantitative estimate of drug-likeness (QED) is 0.758. The van der Waals surface area contributed by atoms with E-state index in [1.807, 2.05) is 52.6 Å². The van der Waals surface area contributed by atoms with Gasteiger partial charge >= 0.3 is 0 Å². The summed E-state index contributed by atoms with van der Waals surface area (Å²) in [4.78, 5) is 0.333. The number of benzene rings is 1. The van der Waals surface area contributed by atoms with Gasteiger partial charge in [0.15, 0.2) is 0 Å². The van der Waals surface area contributed by atoms with Crippen molar-refractivity contribution in [3.63, 3.8) is 0 Å². The molecule has 1 aromatic carbocycles. The van der Waals surface area contributed by atoms with Gasteiger partial charge in [-0.3, -0.25) is 0 Å². The normalized spacial score (nSPS) is 13.2. The van der Waals surface area contributed by atoms with Gasteiger partial charge in [0, 0.05) is 18.1 Å². The summed E-state index contributed by atoms with van der Waals surface area (Å²) in [6, 6.07) is 8.69. The lowest BCUT2D eigenvalue weighted by Gasteiger charge is -2.41. The van der Waals surface area contributed by atoms with Crippen molar-refractivity contribution in [2.24, 2.45) is 0 Å². The van der Waals surface area contributed by atoms with E-state index in [0.29, 0.717) is 4.90 Å². The Balaban J connectivity index is 3.33. The largest absolute Gasteiger partial charge is 0.256 e. The van der Waals surface area contributed by atoms with Gasteiger partial charge in [-0.05, 0) is 53.7 Å². The molecule has 20 heavy (non-hydrogen) atoms. The predicted molar refractivity (Wildman–Crippen MR) is 82.7 cm³/mol. The third-order valence-corrected chi connectivity index (χ3v) is 4.99. The fourth-order valence-electron chi connectivity index (χ4n) is 2.42. The smallest absolute Gasteiger partial charge is 0.223 e. The second-order valence-electron chi connectivity index (χ2n) is 5.75. The van der Waals surface area contributed by atoms with Gasteiger partial charge in [0.05, 0.1) is 4.90 Å². The van der Waals surface area contributed by atoms with Crippen LogP contribution in [0, 0.1) is 0 Å². The summed E-state index contributed by atoms with van der Waals surface area (Å²) >= 11 is 0. The van der Waals surface area contributed by atoms with Crippen molar-refractivity contribution in [2.45, 2.75) is 64.6 Å². The Bertz CT molecular complexity index is 502. The molecule has 5 heteroatoms. The molecule has 0 fully saturated rings. The first-order valence-corrected chi connectivity index (χ1v) is 8.51. The molecule has 0 aliphatic rings. The molecule has 0 saturated carbocycles. The van der Waals surface area contributed by atoms with Crippen molar-refractivity contribution in [1.29, 1.82) is 0 Å². The first kappa shape index (κ1) is 17.1. The van der Waals surface area contributed by atoms with Crippen LogP contribution in [0.25, 0.3) is 0 Å². The van der Waals surface area contributed by atoms with E-state index in [9.17, 15) is 8.42 Å². The Kier molecular flexibility index (Phi) is 5.74. The van der Waals surface area contributed by atoms with Gasteiger partial charge in [-0.2, -0.15) is 0 Å². The Hall–Kier alpha value is -0.910. The van der Waals surface area contributed by atoms with Crippen molar-refractivity contribution < 1.29 is 8.42 Å². The van der Waals surface area contributed by atoms with Gasteiger partial charge in [-0.15, -0.1) is 4.41 Å². The molecule has 4 nitrogen and oxygen atoms in total. The minimum Gasteiger partial charge on any atom is -0.223 e. The molecule has 0 radical (unpaired) electrons. The summed E-state index contributed by atoms with van der Waals surface area (Å²) in [5, 5.41) is 1.92. The van der Waals surface area contributed by atoms with Crippen LogP contribution in [0.3, 0.4) is 0 Å². The van der Waals surface area contributed by atoms with E-state index in [0.717, 1.165) is 0 Å². The Morgan fingerprint density at radius 2 is 1.25 bits per heavy atom. The predicted octanol–water partition coefficient (Wildman–Crippen LogP) is 3.12. The number of sulfonamides is 1. The van der Waals surface area contributed by atoms with Crippen molar-refractivity contribution in [3.05, 3.63) is 30.3 Å². The highest BCUT2D eigenvalue weighted by Crippen LogP contribution is 2.23. The molecule has 0 aliphatic heterocycles. The Morgan fingerprint density at radius 1 is 0.800 bits per heavy atom. The highest BCUT2D eigenvalue weighted by atomic mass is 32.2. The zero-order valence-corrected chi connectivity index (χ0v) is 14.1. The molecule has 1 rings (SSSR count). The van der Waals surface area contributed by atoms with E-state index in [1.54, 1.807) is 24.3 Å². The minimum absolute atomic E-state index is 0.107. The van der Waals surface area contributed by atoms with Gasteiger partial charge in [0.1, 0.15) is 0 Å². The van der Waals surface area contributed by atoms with E-state index in [4.69, 9.17) is 0 Å². The van der Waals surface area contributed by atoms with Crippen LogP contribution < -0.4 is 0 Å². The fraction of sp³-hybridized carbons (Fsp3) is 0.600. The summed E-state index contributed by atoms with van der Waals surface area (Å²) in [6.45, 7) is 11.8. The van der Waals surface area contributed by atoms with E-state index >= 15 is 0 Å². The molecule has 0 atom stereocenters. The number of nitrogens with zero attached hydrogens (tertiary/aromatic N) is 2. The molecule has 0 N–H and O–H groups in total. The summed E-state index contributed by atoms with van der Waals surface area (Å²) in [6.07, 6.45) is 0. The van der Waals surface area contributed by atoms with Crippen LogP contribution in [-0.2, 0) is 10.0 Å². The van der Waals surface area contributed by atoms with Crippen LogP contribution in [0.2, 0.25) is 0 Å². The van der Waals surface area contributed by atoms with Gasteiger partial charge in [0.2, 0.25) is 0 Å². The monoisotopic (exact) mass is 298 g/mol. The van der Waals surface area contributed by atoms with E-state index in [2.05, 4.69) is 0 Å². The second-order valence-corrected chi connectivity index (χ2v) is 7.55. The molecular weight excluding hydrogens is 272 g/mol. The average molecular weight is 298 g/mol. The summed E-state index contributed by atoms with van der Waals surface area (Å²) in [5.74, 6) is 0. The van der Waals surface area contributed by atoms with Crippen LogP contribution in [-0.4, -0.2) is 36.0 Å². The summed E-state index contributed by atoms with van der Waals surface area (Å²) in [7, 11) is -3.53. The molecule has 0 amide bonds. The zero-order chi connectivity index (χ0) is 15.5. The third-order valence-electron chi connectivity index (χ3n) is 3.01. The lowest BCUT2D eigenvalue weighted by Crippen LogP contribution is -2.55. The van der Waals surface area contributed by atoms with Gasteiger partial charge in [-0.25, -0.2) is 13.4 Å². The topological polar surface area (TPSA) is 40.6 Å². The molecular formula is C15H26N2O2S. The highest BCUT2D eigenvalue weighted by molar-refractivity contribution is 7.89. The lowest BCUT2D eigenvalue weighted by atomic mass is 10.3. The summed E-state index contributed by atoms with van der Waals surface area (Å²) < 4.78 is 27.3. The zero-order valence-electron chi connectivity index (χ0n) is 13.2. The molecule has 1 aromatic rings. The van der Waals surface area contributed by atoms with Crippen molar-refractivity contribution in [1.82, 2.24) is 9.42 Å². The molecule has 0 heterocycles. The van der Waals surface area contributed by atoms with Crippen LogP contribution in [0.5, 0.6) is 0 Å². The van der Waals surface area contributed by atoms with Gasteiger partial charge in [-0.1, -0.05) is 18.2 Å². The average Bonchev–Trinajstić information content (AvgIpc) is 2.35. The molecule has 0 aliphatic carbocycles. The Labute approximate surface area is 123 Å². The first-order chi connectivity index (χ1) is 9.19. The van der Waals surface area contributed by atoms with Crippen LogP contribution in [0.4, 0.5) is 0 Å². The molecule has 0 saturated heterocycles. The van der Waals surface area contributed by atoms with Crippen molar-refractivity contribution in [3.8, 4) is 0 Å². The van der Waals surface area contributed by atoms with Gasteiger partial charge < -0.3 is 0 Å². The third kappa shape index (κ3) is 3.59. The second kappa shape index (κ2) is 6.70. The number of hydrazine groups is 1. The van der Waals surface area contributed by atoms with Crippen LogP contribution in [0.15, 0.2) is 35.2 Å². The first-order valence-electron chi connectivity index (χ1n) is 7.07. The molecule has 0 aromatic heterocycles. The standard InChI is InChI=1S/C15H26N2O2S/c1-12(2)16(13(3)4)17(14(5)6)20(18,19)15-10-8-7-9-11-15/h7-14H,1-6H3. The number of hydrogen-bond acceptors (Lipinski definition) is 3. The van der Waals surface area contributed by atoms with E-state index in [1.165, 1.54) is 4.41 Å².